The Bertz CT molecular complexity index is 136. The lowest BCUT2D eigenvalue weighted by molar-refractivity contribution is -0.138. The van der Waals surface area contributed by atoms with Gasteiger partial charge in [-0.15, -0.1) is 0 Å². The first kappa shape index (κ1) is 11.4. The molecule has 0 aliphatic carbocycles. The number of carbonyl (C=O) groups is 1. The lowest BCUT2D eigenvalue weighted by atomic mass is 10.0. The summed E-state index contributed by atoms with van der Waals surface area (Å²) in [6.45, 7) is 6.10. The molecule has 72 valence electrons. The second-order valence-corrected chi connectivity index (χ2v) is 3.39. The van der Waals surface area contributed by atoms with Gasteiger partial charge < -0.3 is 10.0 Å². The summed E-state index contributed by atoms with van der Waals surface area (Å²) in [4.78, 5) is 12.5. The van der Waals surface area contributed by atoms with E-state index in [1.165, 1.54) is 0 Å². The fraction of sp³-hybridized carbons (Fsp3) is 0.889. The van der Waals surface area contributed by atoms with Crippen LogP contribution in [0.2, 0.25) is 0 Å². The summed E-state index contributed by atoms with van der Waals surface area (Å²) in [6.07, 6.45) is 1.26. The van der Waals surface area contributed by atoms with Crippen LogP contribution in [0.5, 0.6) is 0 Å². The monoisotopic (exact) mass is 173 g/mol. The molecule has 0 saturated carbocycles. The van der Waals surface area contributed by atoms with Gasteiger partial charge in [0, 0.05) is 6.42 Å². The van der Waals surface area contributed by atoms with Gasteiger partial charge in [0.15, 0.2) is 0 Å². The molecule has 0 aromatic carbocycles. The largest absolute Gasteiger partial charge is 0.481 e. The molecular weight excluding hydrogens is 154 g/mol. The van der Waals surface area contributed by atoms with E-state index in [9.17, 15) is 4.79 Å². The first-order chi connectivity index (χ1) is 5.56. The summed E-state index contributed by atoms with van der Waals surface area (Å²) in [5.41, 5.74) is 0. The highest BCUT2D eigenvalue weighted by Crippen LogP contribution is 2.07. The number of hydrogen-bond acceptors (Lipinski definition) is 2. The minimum atomic E-state index is -0.693. The second kappa shape index (κ2) is 6.00. The lowest BCUT2D eigenvalue weighted by Crippen LogP contribution is -2.21. The van der Waals surface area contributed by atoms with Gasteiger partial charge in [-0.05, 0) is 32.5 Å². The standard InChI is InChI=1S/C9H19NO2/c1-4-10(3)6-5-8(2)7-9(11)12/h8H,4-7H2,1-3H3,(H,11,12). The first-order valence-electron chi connectivity index (χ1n) is 4.46. The van der Waals surface area contributed by atoms with Gasteiger partial charge in [0.25, 0.3) is 0 Å². The number of carboxylic acids is 1. The van der Waals surface area contributed by atoms with E-state index in [1.807, 2.05) is 14.0 Å². The molecule has 0 saturated heterocycles. The molecule has 1 unspecified atom stereocenters. The van der Waals surface area contributed by atoms with E-state index >= 15 is 0 Å². The highest BCUT2D eigenvalue weighted by Gasteiger charge is 2.07. The van der Waals surface area contributed by atoms with Crippen molar-refractivity contribution < 1.29 is 9.90 Å². The third-order valence-electron chi connectivity index (χ3n) is 2.07. The van der Waals surface area contributed by atoms with Crippen LogP contribution in [0.15, 0.2) is 0 Å². The average Bonchev–Trinajstić information content (AvgIpc) is 1.99. The summed E-state index contributed by atoms with van der Waals surface area (Å²) in [5, 5.41) is 8.49. The minimum absolute atomic E-state index is 0.288. The number of rotatable bonds is 6. The van der Waals surface area contributed by atoms with Crippen LogP contribution < -0.4 is 0 Å². The Morgan fingerprint density at radius 3 is 2.58 bits per heavy atom. The Morgan fingerprint density at radius 1 is 1.58 bits per heavy atom. The molecule has 0 aliphatic heterocycles. The molecule has 0 bridgehead atoms. The van der Waals surface area contributed by atoms with Crippen molar-refractivity contribution in [2.24, 2.45) is 5.92 Å². The van der Waals surface area contributed by atoms with Gasteiger partial charge in [-0.25, -0.2) is 0 Å². The number of carboxylic acid groups (broad SMARTS) is 1. The van der Waals surface area contributed by atoms with Crippen molar-refractivity contribution in [2.75, 3.05) is 20.1 Å². The highest BCUT2D eigenvalue weighted by molar-refractivity contribution is 5.66. The van der Waals surface area contributed by atoms with E-state index in [4.69, 9.17) is 5.11 Å². The quantitative estimate of drug-likeness (QED) is 0.660. The van der Waals surface area contributed by atoms with E-state index in [-0.39, 0.29) is 12.3 Å². The molecule has 0 aliphatic rings. The van der Waals surface area contributed by atoms with Crippen molar-refractivity contribution in [3.05, 3.63) is 0 Å². The number of hydrogen-bond donors (Lipinski definition) is 1. The van der Waals surface area contributed by atoms with Crippen molar-refractivity contribution in [3.8, 4) is 0 Å². The zero-order valence-corrected chi connectivity index (χ0v) is 8.21. The molecule has 0 radical (unpaired) electrons. The molecule has 12 heavy (non-hydrogen) atoms. The predicted molar refractivity (Wildman–Crippen MR) is 49.2 cm³/mol. The molecule has 0 spiro atoms. The predicted octanol–water partition coefficient (Wildman–Crippen LogP) is 1.44. The van der Waals surface area contributed by atoms with Crippen molar-refractivity contribution in [1.82, 2.24) is 4.90 Å². The Labute approximate surface area is 74.4 Å². The maximum absolute atomic E-state index is 10.3. The van der Waals surface area contributed by atoms with Gasteiger partial charge >= 0.3 is 5.97 Å². The maximum atomic E-state index is 10.3. The average molecular weight is 173 g/mol. The van der Waals surface area contributed by atoms with Gasteiger partial charge in [0.05, 0.1) is 0 Å². The van der Waals surface area contributed by atoms with Crippen molar-refractivity contribution in [2.45, 2.75) is 26.7 Å². The van der Waals surface area contributed by atoms with Gasteiger partial charge in [-0.3, -0.25) is 4.79 Å². The van der Waals surface area contributed by atoms with Gasteiger partial charge in [0.2, 0.25) is 0 Å². The van der Waals surface area contributed by atoms with Crippen LogP contribution in [0.1, 0.15) is 26.7 Å². The Balaban J connectivity index is 3.43. The summed E-state index contributed by atoms with van der Waals surface area (Å²) in [7, 11) is 2.05. The SMILES string of the molecule is CCN(C)CCC(C)CC(=O)O. The van der Waals surface area contributed by atoms with E-state index in [2.05, 4.69) is 11.8 Å². The summed E-state index contributed by atoms with van der Waals surface area (Å²) in [5.74, 6) is -0.404. The van der Waals surface area contributed by atoms with E-state index in [0.29, 0.717) is 0 Å². The Kier molecular flexibility index (Phi) is 5.72. The van der Waals surface area contributed by atoms with Gasteiger partial charge in [-0.1, -0.05) is 13.8 Å². The summed E-state index contributed by atoms with van der Waals surface area (Å²) < 4.78 is 0. The van der Waals surface area contributed by atoms with Crippen molar-refractivity contribution in [3.63, 3.8) is 0 Å². The molecular formula is C9H19NO2. The summed E-state index contributed by atoms with van der Waals surface area (Å²) >= 11 is 0. The third kappa shape index (κ3) is 6.16. The smallest absolute Gasteiger partial charge is 0.303 e. The van der Waals surface area contributed by atoms with Crippen LogP contribution in [0, 0.1) is 5.92 Å². The zero-order chi connectivity index (χ0) is 9.56. The van der Waals surface area contributed by atoms with Crippen LogP contribution in [0.3, 0.4) is 0 Å². The van der Waals surface area contributed by atoms with Gasteiger partial charge in [0.1, 0.15) is 0 Å². The zero-order valence-electron chi connectivity index (χ0n) is 8.21. The van der Waals surface area contributed by atoms with Crippen molar-refractivity contribution >= 4 is 5.97 Å². The fourth-order valence-corrected chi connectivity index (χ4v) is 0.999. The molecule has 3 nitrogen and oxygen atoms in total. The molecule has 1 atom stereocenters. The van der Waals surface area contributed by atoms with E-state index in [0.717, 1.165) is 19.5 Å². The Morgan fingerprint density at radius 2 is 2.17 bits per heavy atom. The molecule has 0 amide bonds. The van der Waals surface area contributed by atoms with Gasteiger partial charge in [-0.2, -0.15) is 0 Å². The van der Waals surface area contributed by atoms with E-state index < -0.39 is 5.97 Å². The van der Waals surface area contributed by atoms with Crippen LogP contribution in [-0.2, 0) is 4.79 Å². The second-order valence-electron chi connectivity index (χ2n) is 3.39. The molecule has 0 heterocycles. The molecule has 0 aromatic rings. The third-order valence-corrected chi connectivity index (χ3v) is 2.07. The van der Waals surface area contributed by atoms with Crippen LogP contribution in [-0.4, -0.2) is 36.1 Å². The Hall–Kier alpha value is -0.570. The fourth-order valence-electron chi connectivity index (χ4n) is 0.999. The maximum Gasteiger partial charge on any atom is 0.303 e. The van der Waals surface area contributed by atoms with Crippen molar-refractivity contribution in [1.29, 1.82) is 0 Å². The molecule has 0 fully saturated rings. The minimum Gasteiger partial charge on any atom is -0.481 e. The first-order valence-corrected chi connectivity index (χ1v) is 4.46. The van der Waals surface area contributed by atoms with Crippen LogP contribution in [0.25, 0.3) is 0 Å². The molecule has 0 aromatic heterocycles. The molecule has 3 heteroatoms. The number of nitrogens with zero attached hydrogens (tertiary/aromatic N) is 1. The lowest BCUT2D eigenvalue weighted by Gasteiger charge is -2.16. The topological polar surface area (TPSA) is 40.5 Å². The normalized spacial score (nSPS) is 13.3. The van der Waals surface area contributed by atoms with E-state index in [1.54, 1.807) is 0 Å². The summed E-state index contributed by atoms with van der Waals surface area (Å²) in [6, 6.07) is 0. The van der Waals surface area contributed by atoms with Crippen LogP contribution in [0.4, 0.5) is 0 Å². The molecule has 0 rings (SSSR count). The van der Waals surface area contributed by atoms with Crippen LogP contribution >= 0.6 is 0 Å². The molecule has 1 N–H and O–H groups in total. The number of aliphatic carboxylic acids is 1. The highest BCUT2D eigenvalue weighted by atomic mass is 16.4.